The number of aldehydes is 1. The SMILES string of the molecule is CCN1[C@@H](C(=O)N[C@H](C=O)CC(C)C)Cc2cc3c(cc2S1(=O)=O)OCCO3. The third-order valence-electron chi connectivity index (χ3n) is 4.90. The molecule has 0 aliphatic carbocycles. The zero-order chi connectivity index (χ0) is 20.5. The summed E-state index contributed by atoms with van der Waals surface area (Å²) in [4.78, 5) is 24.3. The summed E-state index contributed by atoms with van der Waals surface area (Å²) in [5, 5.41) is 2.69. The summed E-state index contributed by atoms with van der Waals surface area (Å²) in [6, 6.07) is 1.55. The average molecular weight is 410 g/mol. The summed E-state index contributed by atoms with van der Waals surface area (Å²) >= 11 is 0. The Labute approximate surface area is 165 Å². The van der Waals surface area contributed by atoms with Gasteiger partial charge < -0.3 is 19.6 Å². The summed E-state index contributed by atoms with van der Waals surface area (Å²) in [7, 11) is -3.88. The molecule has 0 saturated carbocycles. The number of benzene rings is 1. The van der Waals surface area contributed by atoms with Crippen molar-refractivity contribution in [2.24, 2.45) is 5.92 Å². The molecular weight excluding hydrogens is 384 g/mol. The zero-order valence-electron chi connectivity index (χ0n) is 16.3. The van der Waals surface area contributed by atoms with Crippen LogP contribution in [0.1, 0.15) is 32.8 Å². The van der Waals surface area contributed by atoms with Crippen molar-refractivity contribution in [3.63, 3.8) is 0 Å². The quantitative estimate of drug-likeness (QED) is 0.705. The number of nitrogens with one attached hydrogen (secondary N) is 1. The van der Waals surface area contributed by atoms with Crippen LogP contribution in [-0.2, 0) is 26.0 Å². The molecule has 0 bridgehead atoms. The highest BCUT2D eigenvalue weighted by atomic mass is 32.2. The second kappa shape index (κ2) is 8.08. The smallest absolute Gasteiger partial charge is 0.244 e. The number of hydrogen-bond acceptors (Lipinski definition) is 6. The van der Waals surface area contributed by atoms with Crippen molar-refractivity contribution in [2.75, 3.05) is 19.8 Å². The molecule has 1 aromatic carbocycles. The van der Waals surface area contributed by atoms with Crippen molar-refractivity contribution >= 4 is 22.2 Å². The van der Waals surface area contributed by atoms with Crippen LogP contribution in [0.5, 0.6) is 11.5 Å². The number of amides is 1. The van der Waals surface area contributed by atoms with Crippen molar-refractivity contribution in [1.82, 2.24) is 9.62 Å². The normalized spacial score (nSPS) is 21.6. The van der Waals surface area contributed by atoms with E-state index in [0.29, 0.717) is 43.0 Å². The van der Waals surface area contributed by atoms with Crippen molar-refractivity contribution in [3.8, 4) is 11.5 Å². The molecule has 0 radical (unpaired) electrons. The number of nitrogens with zero attached hydrogens (tertiary/aromatic N) is 1. The van der Waals surface area contributed by atoms with Crippen LogP contribution in [0.25, 0.3) is 0 Å². The molecule has 28 heavy (non-hydrogen) atoms. The summed E-state index contributed by atoms with van der Waals surface area (Å²) in [6.45, 7) is 6.48. The molecule has 154 valence electrons. The van der Waals surface area contributed by atoms with E-state index in [0.717, 1.165) is 0 Å². The van der Waals surface area contributed by atoms with E-state index in [1.165, 1.54) is 10.4 Å². The third kappa shape index (κ3) is 3.86. The summed E-state index contributed by atoms with van der Waals surface area (Å²) < 4.78 is 38.5. The molecule has 0 saturated heterocycles. The van der Waals surface area contributed by atoms with E-state index in [9.17, 15) is 18.0 Å². The van der Waals surface area contributed by atoms with E-state index in [2.05, 4.69) is 5.32 Å². The second-order valence-electron chi connectivity index (χ2n) is 7.41. The first-order valence-corrected chi connectivity index (χ1v) is 10.9. The van der Waals surface area contributed by atoms with Gasteiger partial charge in [-0.25, -0.2) is 8.42 Å². The van der Waals surface area contributed by atoms with Crippen LogP contribution in [0, 0.1) is 5.92 Å². The number of rotatable bonds is 6. The maximum Gasteiger partial charge on any atom is 0.244 e. The summed E-state index contributed by atoms with van der Waals surface area (Å²) in [5.41, 5.74) is 0.514. The van der Waals surface area contributed by atoms with E-state index < -0.39 is 28.0 Å². The lowest BCUT2D eigenvalue weighted by molar-refractivity contribution is -0.127. The van der Waals surface area contributed by atoms with Gasteiger partial charge in [-0.3, -0.25) is 4.79 Å². The highest BCUT2D eigenvalue weighted by Crippen LogP contribution is 2.39. The minimum absolute atomic E-state index is 0.136. The van der Waals surface area contributed by atoms with Gasteiger partial charge >= 0.3 is 0 Å². The Balaban J connectivity index is 1.94. The van der Waals surface area contributed by atoms with Gasteiger partial charge in [-0.1, -0.05) is 20.8 Å². The van der Waals surface area contributed by atoms with Crippen LogP contribution < -0.4 is 14.8 Å². The lowest BCUT2D eigenvalue weighted by Gasteiger charge is -2.35. The van der Waals surface area contributed by atoms with Crippen LogP contribution in [0.15, 0.2) is 17.0 Å². The fourth-order valence-corrected chi connectivity index (χ4v) is 5.49. The first-order chi connectivity index (χ1) is 13.3. The molecule has 2 aliphatic heterocycles. The summed E-state index contributed by atoms with van der Waals surface area (Å²) in [5.74, 6) is 0.626. The van der Waals surface area contributed by atoms with Gasteiger partial charge in [-0.15, -0.1) is 0 Å². The molecular formula is C19H26N2O6S. The molecule has 9 heteroatoms. The van der Waals surface area contributed by atoms with Gasteiger partial charge in [0.1, 0.15) is 25.5 Å². The maximum atomic E-state index is 13.1. The molecule has 8 nitrogen and oxygen atoms in total. The van der Waals surface area contributed by atoms with Gasteiger partial charge in [0.05, 0.1) is 10.9 Å². The van der Waals surface area contributed by atoms with Crippen LogP contribution in [0.2, 0.25) is 0 Å². The molecule has 0 spiro atoms. The Morgan fingerprint density at radius 1 is 1.29 bits per heavy atom. The highest BCUT2D eigenvalue weighted by Gasteiger charge is 2.42. The average Bonchev–Trinajstić information content (AvgIpc) is 2.65. The standard InChI is InChI=1S/C19H26N2O6S/c1-4-21-15(19(23)20-14(11-22)7-12(2)3)8-13-9-16-17(27-6-5-26-16)10-18(13)28(21,24)25/h9-12,14-15H,4-8H2,1-3H3,(H,20,23)/t14-,15+/m0/s1. The van der Waals surface area contributed by atoms with Crippen molar-refractivity contribution in [2.45, 2.75) is 50.6 Å². The van der Waals surface area contributed by atoms with E-state index in [4.69, 9.17) is 9.47 Å². The number of hydrogen-bond donors (Lipinski definition) is 1. The fraction of sp³-hybridized carbons (Fsp3) is 0.579. The lowest BCUT2D eigenvalue weighted by atomic mass is 10.0. The molecule has 0 unspecified atom stereocenters. The number of carbonyl (C=O) groups is 2. The van der Waals surface area contributed by atoms with Crippen LogP contribution >= 0.6 is 0 Å². The van der Waals surface area contributed by atoms with Crippen LogP contribution in [0.3, 0.4) is 0 Å². The largest absolute Gasteiger partial charge is 0.486 e. The van der Waals surface area contributed by atoms with Crippen molar-refractivity contribution in [1.29, 1.82) is 0 Å². The van der Waals surface area contributed by atoms with Crippen molar-refractivity contribution in [3.05, 3.63) is 17.7 Å². The minimum atomic E-state index is -3.88. The molecule has 2 atom stereocenters. The molecule has 3 rings (SSSR count). The van der Waals surface area contributed by atoms with Gasteiger partial charge in [0.2, 0.25) is 15.9 Å². The molecule has 1 amide bonds. The highest BCUT2D eigenvalue weighted by molar-refractivity contribution is 7.89. The number of sulfonamides is 1. The first-order valence-electron chi connectivity index (χ1n) is 9.48. The van der Waals surface area contributed by atoms with Gasteiger partial charge in [-0.05, 0) is 30.4 Å². The van der Waals surface area contributed by atoms with Crippen molar-refractivity contribution < 1.29 is 27.5 Å². The Hall–Kier alpha value is -2.13. The number of fused-ring (bicyclic) bond motifs is 2. The molecule has 0 aromatic heterocycles. The van der Waals surface area contributed by atoms with Crippen LogP contribution in [-0.4, -0.2) is 56.8 Å². The topological polar surface area (TPSA) is 102 Å². The first kappa shape index (κ1) is 20.6. The fourth-order valence-electron chi connectivity index (χ4n) is 3.66. The Bertz CT molecular complexity index is 867. The third-order valence-corrected chi connectivity index (χ3v) is 6.97. The zero-order valence-corrected chi connectivity index (χ0v) is 17.1. The number of likely N-dealkylation sites (N-methyl/N-ethyl adjacent to an activating group) is 1. The monoisotopic (exact) mass is 410 g/mol. The molecule has 1 aromatic rings. The molecule has 0 fully saturated rings. The second-order valence-corrected chi connectivity index (χ2v) is 9.27. The maximum absolute atomic E-state index is 13.1. The van der Waals surface area contributed by atoms with Gasteiger partial charge in [0.25, 0.3) is 0 Å². The Morgan fingerprint density at radius 3 is 2.50 bits per heavy atom. The predicted octanol–water partition coefficient (Wildman–Crippen LogP) is 1.12. The minimum Gasteiger partial charge on any atom is -0.486 e. The Kier molecular flexibility index (Phi) is 5.95. The Morgan fingerprint density at radius 2 is 1.93 bits per heavy atom. The van der Waals surface area contributed by atoms with E-state index in [1.807, 2.05) is 13.8 Å². The molecule has 2 heterocycles. The summed E-state index contributed by atoms with van der Waals surface area (Å²) in [6.07, 6.45) is 1.40. The number of ether oxygens (including phenoxy) is 2. The lowest BCUT2D eigenvalue weighted by Crippen LogP contribution is -2.55. The van der Waals surface area contributed by atoms with E-state index in [1.54, 1.807) is 13.0 Å². The number of carbonyl (C=O) groups excluding carboxylic acids is 2. The van der Waals surface area contributed by atoms with Gasteiger partial charge in [0.15, 0.2) is 11.5 Å². The predicted molar refractivity (Wildman–Crippen MR) is 102 cm³/mol. The molecule has 1 N–H and O–H groups in total. The van der Waals surface area contributed by atoms with Crippen LogP contribution in [0.4, 0.5) is 0 Å². The van der Waals surface area contributed by atoms with Gasteiger partial charge in [-0.2, -0.15) is 4.31 Å². The molecule has 2 aliphatic rings. The van der Waals surface area contributed by atoms with Gasteiger partial charge in [0, 0.05) is 12.6 Å². The van der Waals surface area contributed by atoms with E-state index >= 15 is 0 Å². The van der Waals surface area contributed by atoms with E-state index in [-0.39, 0.29) is 23.8 Å².